The quantitative estimate of drug-likeness (QED) is 0.833. The summed E-state index contributed by atoms with van der Waals surface area (Å²) in [6.45, 7) is 6.88. The second kappa shape index (κ2) is 7.92. The Morgan fingerprint density at radius 1 is 1.38 bits per heavy atom. The molecule has 6 nitrogen and oxygen atoms in total. The molecule has 0 bridgehead atoms. The van der Waals surface area contributed by atoms with Crippen molar-refractivity contribution in [3.05, 3.63) is 23.0 Å². The van der Waals surface area contributed by atoms with Crippen LogP contribution in [0.2, 0.25) is 0 Å². The molecule has 1 saturated heterocycles. The Labute approximate surface area is 159 Å². The van der Waals surface area contributed by atoms with Gasteiger partial charge in [-0.15, -0.1) is 12.4 Å². The minimum Gasteiger partial charge on any atom is -0.352 e. The standard InChI is InChI=1S/C19H26N4O2.ClH/c1-11(2)17-16-14(18(24)21-10-12-4-3-7-20-9-12)8-15(13-5-6-13)22-19(16)25-23-17;/h8,11-13,20H,3-7,9-10H2,1-2H3,(H,21,24);1H. The molecule has 142 valence electrons. The summed E-state index contributed by atoms with van der Waals surface area (Å²) >= 11 is 0. The highest BCUT2D eigenvalue weighted by atomic mass is 35.5. The van der Waals surface area contributed by atoms with Gasteiger partial charge in [-0.25, -0.2) is 4.98 Å². The van der Waals surface area contributed by atoms with E-state index in [1.54, 1.807) is 0 Å². The molecule has 0 aromatic carbocycles. The number of piperidine rings is 1. The normalized spacial score (nSPS) is 20.2. The molecule has 1 unspecified atom stereocenters. The van der Waals surface area contributed by atoms with E-state index in [9.17, 15) is 4.79 Å². The van der Waals surface area contributed by atoms with E-state index in [0.29, 0.717) is 29.7 Å². The molecule has 1 amide bonds. The molecule has 2 N–H and O–H groups in total. The molecule has 3 heterocycles. The van der Waals surface area contributed by atoms with Crippen molar-refractivity contribution in [3.8, 4) is 0 Å². The molecule has 2 aliphatic rings. The van der Waals surface area contributed by atoms with Gasteiger partial charge < -0.3 is 15.2 Å². The average Bonchev–Trinajstić information content (AvgIpc) is 3.38. The number of rotatable bonds is 5. The first kappa shape index (κ1) is 19.1. The van der Waals surface area contributed by atoms with Crippen molar-refractivity contribution in [1.82, 2.24) is 20.8 Å². The summed E-state index contributed by atoms with van der Waals surface area (Å²) in [7, 11) is 0. The Hall–Kier alpha value is -1.66. The number of fused-ring (bicyclic) bond motifs is 1. The summed E-state index contributed by atoms with van der Waals surface area (Å²) in [6.07, 6.45) is 4.61. The third-order valence-corrected chi connectivity index (χ3v) is 5.23. The largest absolute Gasteiger partial charge is 0.352 e. The van der Waals surface area contributed by atoms with Crippen molar-refractivity contribution in [1.29, 1.82) is 0 Å². The van der Waals surface area contributed by atoms with Crippen molar-refractivity contribution in [2.75, 3.05) is 19.6 Å². The zero-order chi connectivity index (χ0) is 17.4. The van der Waals surface area contributed by atoms with Crippen LogP contribution in [0.5, 0.6) is 0 Å². The van der Waals surface area contributed by atoms with Gasteiger partial charge in [0.25, 0.3) is 11.6 Å². The Bertz CT molecular complexity index is 779. The van der Waals surface area contributed by atoms with Crippen LogP contribution < -0.4 is 10.6 Å². The van der Waals surface area contributed by atoms with E-state index in [1.165, 1.54) is 6.42 Å². The van der Waals surface area contributed by atoms with Crippen LogP contribution in [-0.4, -0.2) is 35.7 Å². The molecule has 2 aromatic heterocycles. The molecule has 4 rings (SSSR count). The third-order valence-electron chi connectivity index (χ3n) is 5.23. The fourth-order valence-corrected chi connectivity index (χ4v) is 3.58. The van der Waals surface area contributed by atoms with Crippen molar-refractivity contribution in [3.63, 3.8) is 0 Å². The lowest BCUT2D eigenvalue weighted by Gasteiger charge is -2.23. The predicted octanol–water partition coefficient (Wildman–Crippen LogP) is 3.37. The van der Waals surface area contributed by atoms with Gasteiger partial charge >= 0.3 is 0 Å². The first-order valence-electron chi connectivity index (χ1n) is 9.42. The Kier molecular flexibility index (Phi) is 5.82. The second-order valence-corrected chi connectivity index (χ2v) is 7.69. The number of halogens is 1. The van der Waals surface area contributed by atoms with E-state index < -0.39 is 0 Å². The summed E-state index contributed by atoms with van der Waals surface area (Å²) in [6, 6.07) is 1.96. The highest BCUT2D eigenvalue weighted by Crippen LogP contribution is 2.41. The van der Waals surface area contributed by atoms with E-state index >= 15 is 0 Å². The zero-order valence-corrected chi connectivity index (χ0v) is 16.2. The number of hydrogen-bond acceptors (Lipinski definition) is 5. The molecule has 26 heavy (non-hydrogen) atoms. The number of pyridine rings is 1. The molecule has 0 spiro atoms. The van der Waals surface area contributed by atoms with Gasteiger partial charge in [-0.05, 0) is 56.7 Å². The Balaban J connectivity index is 0.00000196. The SMILES string of the molecule is CC(C)c1noc2nc(C3CC3)cc(C(=O)NCC3CCCNC3)c12.Cl. The van der Waals surface area contributed by atoms with Crippen molar-refractivity contribution in [2.45, 2.75) is 51.4 Å². The van der Waals surface area contributed by atoms with Crippen molar-refractivity contribution < 1.29 is 9.32 Å². The van der Waals surface area contributed by atoms with Crippen LogP contribution in [0.1, 0.15) is 73.1 Å². The molecule has 2 fully saturated rings. The molecule has 1 atom stereocenters. The monoisotopic (exact) mass is 378 g/mol. The van der Waals surface area contributed by atoms with Crippen molar-refractivity contribution in [2.24, 2.45) is 5.92 Å². The van der Waals surface area contributed by atoms with Crippen LogP contribution in [0, 0.1) is 5.92 Å². The van der Waals surface area contributed by atoms with Gasteiger partial charge in [-0.2, -0.15) is 0 Å². The summed E-state index contributed by atoms with van der Waals surface area (Å²) in [5.41, 5.74) is 2.94. The van der Waals surface area contributed by atoms with E-state index in [1.807, 2.05) is 6.07 Å². The highest BCUT2D eigenvalue weighted by molar-refractivity contribution is 6.06. The fraction of sp³-hybridized carbons (Fsp3) is 0.632. The first-order chi connectivity index (χ1) is 12.1. The van der Waals surface area contributed by atoms with Crippen LogP contribution in [0.25, 0.3) is 11.1 Å². The lowest BCUT2D eigenvalue weighted by Crippen LogP contribution is -2.38. The molecular formula is C19H27ClN4O2. The summed E-state index contributed by atoms with van der Waals surface area (Å²) in [4.78, 5) is 17.6. The number of nitrogens with one attached hydrogen (secondary N) is 2. The Morgan fingerprint density at radius 2 is 2.19 bits per heavy atom. The van der Waals surface area contributed by atoms with Gasteiger partial charge in [-0.1, -0.05) is 19.0 Å². The Morgan fingerprint density at radius 3 is 2.85 bits per heavy atom. The molecule has 1 saturated carbocycles. The van der Waals surface area contributed by atoms with Crippen LogP contribution in [0.15, 0.2) is 10.6 Å². The number of hydrogen-bond donors (Lipinski definition) is 2. The maximum Gasteiger partial charge on any atom is 0.259 e. The summed E-state index contributed by atoms with van der Waals surface area (Å²) in [5.74, 6) is 1.12. The van der Waals surface area contributed by atoms with Gasteiger partial charge in [0.2, 0.25) is 0 Å². The molecule has 1 aliphatic heterocycles. The smallest absolute Gasteiger partial charge is 0.259 e. The average molecular weight is 379 g/mol. The minimum atomic E-state index is -0.0371. The molecule has 0 radical (unpaired) electrons. The second-order valence-electron chi connectivity index (χ2n) is 7.69. The van der Waals surface area contributed by atoms with E-state index in [-0.39, 0.29) is 24.2 Å². The summed E-state index contributed by atoms with van der Waals surface area (Å²) in [5, 5.41) is 11.5. The van der Waals surface area contributed by atoms with Gasteiger partial charge in [0.15, 0.2) is 0 Å². The molecular weight excluding hydrogens is 352 g/mol. The lowest BCUT2D eigenvalue weighted by molar-refractivity contribution is 0.0946. The minimum absolute atomic E-state index is 0. The number of aromatic nitrogens is 2. The van der Waals surface area contributed by atoms with Gasteiger partial charge in [0.1, 0.15) is 0 Å². The maximum absolute atomic E-state index is 12.9. The molecule has 7 heteroatoms. The van der Waals surface area contributed by atoms with Crippen molar-refractivity contribution >= 4 is 29.4 Å². The lowest BCUT2D eigenvalue weighted by atomic mass is 9.99. The zero-order valence-electron chi connectivity index (χ0n) is 15.4. The predicted molar refractivity (Wildman–Crippen MR) is 103 cm³/mol. The number of carbonyl (C=O) groups is 1. The summed E-state index contributed by atoms with van der Waals surface area (Å²) < 4.78 is 5.46. The van der Waals surface area contributed by atoms with Gasteiger partial charge in [0.05, 0.1) is 16.6 Å². The maximum atomic E-state index is 12.9. The van der Waals surface area contributed by atoms with Gasteiger partial charge in [0, 0.05) is 18.2 Å². The van der Waals surface area contributed by atoms with Crippen LogP contribution in [-0.2, 0) is 0 Å². The highest BCUT2D eigenvalue weighted by Gasteiger charge is 2.29. The van der Waals surface area contributed by atoms with Crippen LogP contribution >= 0.6 is 12.4 Å². The number of amides is 1. The number of nitrogens with zero attached hydrogens (tertiary/aromatic N) is 2. The topological polar surface area (TPSA) is 80.0 Å². The fourth-order valence-electron chi connectivity index (χ4n) is 3.58. The third kappa shape index (κ3) is 3.86. The van der Waals surface area contributed by atoms with E-state index in [4.69, 9.17) is 4.52 Å². The molecule has 1 aliphatic carbocycles. The van der Waals surface area contributed by atoms with Crippen LogP contribution in [0.3, 0.4) is 0 Å². The van der Waals surface area contributed by atoms with E-state index in [2.05, 4.69) is 34.6 Å². The van der Waals surface area contributed by atoms with Crippen LogP contribution in [0.4, 0.5) is 0 Å². The van der Waals surface area contributed by atoms with Gasteiger partial charge in [-0.3, -0.25) is 4.79 Å². The molecule has 2 aromatic rings. The first-order valence-corrected chi connectivity index (χ1v) is 9.42. The number of carbonyl (C=O) groups excluding carboxylic acids is 1. The van der Waals surface area contributed by atoms with E-state index in [0.717, 1.165) is 49.1 Å².